The number of benzene rings is 2. The Morgan fingerprint density at radius 1 is 1.13 bits per heavy atom. The number of ether oxygens (including phenoxy) is 1. The number of aromatic amines is 1. The Morgan fingerprint density at radius 2 is 1.87 bits per heavy atom. The van der Waals surface area contributed by atoms with Crippen molar-refractivity contribution in [2.75, 3.05) is 6.61 Å². The van der Waals surface area contributed by atoms with Crippen LogP contribution in [-0.2, 0) is 4.74 Å². The number of primary amides is 1. The molecule has 1 heterocycles. The van der Waals surface area contributed by atoms with Gasteiger partial charge in [0.1, 0.15) is 0 Å². The van der Waals surface area contributed by atoms with Crippen molar-refractivity contribution in [2.45, 2.75) is 6.92 Å². The Morgan fingerprint density at radius 3 is 2.52 bits per heavy atom. The summed E-state index contributed by atoms with van der Waals surface area (Å²) in [5.41, 5.74) is 8.39. The number of fused-ring (bicyclic) bond motifs is 1. The second kappa shape index (κ2) is 5.96. The van der Waals surface area contributed by atoms with E-state index in [-0.39, 0.29) is 6.61 Å². The molecule has 1 aromatic heterocycles. The first kappa shape index (κ1) is 14.8. The Balaban J connectivity index is 2.29. The van der Waals surface area contributed by atoms with Gasteiger partial charge in [-0.25, -0.2) is 4.79 Å². The van der Waals surface area contributed by atoms with Gasteiger partial charge in [0.25, 0.3) is 0 Å². The first-order valence-corrected chi connectivity index (χ1v) is 7.30. The third-order valence-corrected chi connectivity index (χ3v) is 3.63. The molecule has 1 amide bonds. The topological polar surface area (TPSA) is 85.2 Å². The van der Waals surface area contributed by atoms with Crippen LogP contribution in [0.4, 0.5) is 0 Å². The minimum absolute atomic E-state index is 0.273. The van der Waals surface area contributed by atoms with E-state index in [1.807, 2.05) is 30.3 Å². The lowest BCUT2D eigenvalue weighted by molar-refractivity contribution is 0.0529. The van der Waals surface area contributed by atoms with Crippen LogP contribution in [0.2, 0.25) is 0 Å². The Hall–Kier alpha value is -3.08. The van der Waals surface area contributed by atoms with Gasteiger partial charge in [-0.2, -0.15) is 0 Å². The molecule has 3 rings (SSSR count). The van der Waals surface area contributed by atoms with E-state index < -0.39 is 11.9 Å². The van der Waals surface area contributed by atoms with E-state index in [1.165, 1.54) is 0 Å². The summed E-state index contributed by atoms with van der Waals surface area (Å²) in [7, 11) is 0. The molecule has 0 spiro atoms. The molecule has 0 saturated carbocycles. The number of carbonyl (C=O) groups excluding carboxylic acids is 2. The maximum absolute atomic E-state index is 12.4. The van der Waals surface area contributed by atoms with Crippen molar-refractivity contribution in [1.82, 2.24) is 4.98 Å². The number of aromatic nitrogens is 1. The average molecular weight is 308 g/mol. The standard InChI is InChI=1S/C18H16N2O3/c1-2-23-18(22)15-13-10-12(17(19)21)8-9-14(13)20-16(15)11-6-4-3-5-7-11/h3-10,20H,2H2,1H3,(H2,19,21). The number of carbonyl (C=O) groups is 2. The molecule has 0 radical (unpaired) electrons. The highest BCUT2D eigenvalue weighted by Gasteiger charge is 2.21. The summed E-state index contributed by atoms with van der Waals surface area (Å²) in [5, 5.41) is 0.624. The fraction of sp³-hybridized carbons (Fsp3) is 0.111. The van der Waals surface area contributed by atoms with Crippen LogP contribution < -0.4 is 5.73 Å². The molecule has 3 aromatic rings. The highest BCUT2D eigenvalue weighted by atomic mass is 16.5. The first-order valence-electron chi connectivity index (χ1n) is 7.30. The van der Waals surface area contributed by atoms with E-state index >= 15 is 0 Å². The van der Waals surface area contributed by atoms with E-state index in [0.29, 0.717) is 22.2 Å². The van der Waals surface area contributed by atoms with Crippen LogP contribution >= 0.6 is 0 Å². The number of nitrogens with one attached hydrogen (secondary N) is 1. The van der Waals surface area contributed by atoms with E-state index in [2.05, 4.69) is 4.98 Å². The zero-order valence-corrected chi connectivity index (χ0v) is 12.6. The fourth-order valence-corrected chi connectivity index (χ4v) is 2.58. The molecule has 23 heavy (non-hydrogen) atoms. The third-order valence-electron chi connectivity index (χ3n) is 3.63. The molecule has 116 valence electrons. The highest BCUT2D eigenvalue weighted by Crippen LogP contribution is 2.31. The zero-order chi connectivity index (χ0) is 16.4. The van der Waals surface area contributed by atoms with Crippen LogP contribution in [-0.4, -0.2) is 23.5 Å². The number of hydrogen-bond acceptors (Lipinski definition) is 3. The first-order chi connectivity index (χ1) is 11.1. The summed E-state index contributed by atoms with van der Waals surface area (Å²) in [4.78, 5) is 27.1. The SMILES string of the molecule is CCOC(=O)c1c(-c2ccccc2)[nH]c2ccc(C(N)=O)cc12. The lowest BCUT2D eigenvalue weighted by Crippen LogP contribution is -2.11. The van der Waals surface area contributed by atoms with Gasteiger partial charge in [0.15, 0.2) is 0 Å². The number of rotatable bonds is 4. The number of H-pyrrole nitrogens is 1. The van der Waals surface area contributed by atoms with Crippen molar-refractivity contribution < 1.29 is 14.3 Å². The molecule has 0 saturated heterocycles. The van der Waals surface area contributed by atoms with E-state index in [1.54, 1.807) is 25.1 Å². The van der Waals surface area contributed by atoms with Crippen LogP contribution in [0.15, 0.2) is 48.5 Å². The normalized spacial score (nSPS) is 10.7. The summed E-state index contributed by atoms with van der Waals surface area (Å²) in [5.74, 6) is -0.969. The van der Waals surface area contributed by atoms with Crippen LogP contribution in [0.5, 0.6) is 0 Å². The predicted octanol–water partition coefficient (Wildman–Crippen LogP) is 3.11. The molecule has 5 heteroatoms. The van der Waals surface area contributed by atoms with Gasteiger partial charge in [-0.05, 0) is 30.7 Å². The summed E-state index contributed by atoms with van der Waals surface area (Å²) < 4.78 is 5.18. The monoisotopic (exact) mass is 308 g/mol. The van der Waals surface area contributed by atoms with Crippen molar-refractivity contribution in [3.05, 3.63) is 59.7 Å². The Kier molecular flexibility index (Phi) is 3.85. The molecule has 0 aliphatic rings. The molecule has 0 fully saturated rings. The van der Waals surface area contributed by atoms with Crippen LogP contribution in [0.3, 0.4) is 0 Å². The van der Waals surface area contributed by atoms with Crippen molar-refractivity contribution in [3.63, 3.8) is 0 Å². The van der Waals surface area contributed by atoms with Gasteiger partial charge in [-0.15, -0.1) is 0 Å². The predicted molar refractivity (Wildman–Crippen MR) is 88.2 cm³/mol. The molecule has 2 aromatic carbocycles. The fourth-order valence-electron chi connectivity index (χ4n) is 2.58. The largest absolute Gasteiger partial charge is 0.462 e. The molecule has 5 nitrogen and oxygen atoms in total. The molecule has 0 bridgehead atoms. The van der Waals surface area contributed by atoms with Gasteiger partial charge in [0.05, 0.1) is 17.9 Å². The Labute approximate surface area is 133 Å². The number of hydrogen-bond donors (Lipinski definition) is 2. The minimum atomic E-state index is -0.538. The van der Waals surface area contributed by atoms with E-state index in [9.17, 15) is 9.59 Å². The van der Waals surface area contributed by atoms with Gasteiger partial charge in [-0.1, -0.05) is 30.3 Å². The van der Waals surface area contributed by atoms with Gasteiger partial charge in [0, 0.05) is 16.5 Å². The summed E-state index contributed by atoms with van der Waals surface area (Å²) in [6.07, 6.45) is 0. The van der Waals surface area contributed by atoms with E-state index in [0.717, 1.165) is 11.1 Å². The summed E-state index contributed by atoms with van der Waals surface area (Å²) in [6.45, 7) is 2.03. The van der Waals surface area contributed by atoms with Gasteiger partial charge in [0.2, 0.25) is 5.91 Å². The molecule has 0 aliphatic carbocycles. The van der Waals surface area contributed by atoms with Crippen LogP contribution in [0, 0.1) is 0 Å². The van der Waals surface area contributed by atoms with Crippen LogP contribution in [0.1, 0.15) is 27.6 Å². The van der Waals surface area contributed by atoms with Gasteiger partial charge in [-0.3, -0.25) is 4.79 Å². The lowest BCUT2D eigenvalue weighted by Gasteiger charge is -2.05. The van der Waals surface area contributed by atoms with Crippen LogP contribution in [0.25, 0.3) is 22.2 Å². The number of amides is 1. The lowest BCUT2D eigenvalue weighted by atomic mass is 10.0. The molecule has 0 aliphatic heterocycles. The smallest absolute Gasteiger partial charge is 0.340 e. The zero-order valence-electron chi connectivity index (χ0n) is 12.6. The Bertz CT molecular complexity index is 882. The molecule has 0 unspecified atom stereocenters. The van der Waals surface area contributed by atoms with Crippen molar-refractivity contribution in [1.29, 1.82) is 0 Å². The number of nitrogens with two attached hydrogens (primary N) is 1. The molecular weight excluding hydrogens is 292 g/mol. The second-order valence-corrected chi connectivity index (χ2v) is 5.09. The highest BCUT2D eigenvalue weighted by molar-refractivity contribution is 6.11. The minimum Gasteiger partial charge on any atom is -0.462 e. The molecule has 0 atom stereocenters. The van der Waals surface area contributed by atoms with Gasteiger partial charge >= 0.3 is 5.97 Å². The van der Waals surface area contributed by atoms with E-state index in [4.69, 9.17) is 10.5 Å². The maximum Gasteiger partial charge on any atom is 0.340 e. The average Bonchev–Trinajstić information content (AvgIpc) is 2.94. The summed E-state index contributed by atoms with van der Waals surface area (Å²) >= 11 is 0. The van der Waals surface area contributed by atoms with Crippen molar-refractivity contribution >= 4 is 22.8 Å². The maximum atomic E-state index is 12.4. The van der Waals surface area contributed by atoms with Crippen molar-refractivity contribution in [3.8, 4) is 11.3 Å². The second-order valence-electron chi connectivity index (χ2n) is 5.09. The third kappa shape index (κ3) is 2.68. The molecule has 3 N–H and O–H groups in total. The summed E-state index contributed by atoms with van der Waals surface area (Å²) in [6, 6.07) is 14.5. The van der Waals surface area contributed by atoms with Crippen molar-refractivity contribution in [2.24, 2.45) is 5.73 Å². The van der Waals surface area contributed by atoms with Gasteiger partial charge < -0.3 is 15.5 Å². The number of esters is 1. The quantitative estimate of drug-likeness (QED) is 0.726. The molecular formula is C18H16N2O3.